The van der Waals surface area contributed by atoms with E-state index in [0.717, 1.165) is 28.7 Å². The first kappa shape index (κ1) is 18.5. The highest BCUT2D eigenvalue weighted by Crippen LogP contribution is 2.30. The number of fused-ring (bicyclic) bond motifs is 1. The lowest BCUT2D eigenvalue weighted by atomic mass is 9.96. The molecular formula is C20H27N3O3. The minimum Gasteiger partial charge on any atom is -0.444 e. The molecule has 2 aromatic rings. The molecule has 0 fully saturated rings. The van der Waals surface area contributed by atoms with Gasteiger partial charge in [-0.25, -0.2) is 9.78 Å². The van der Waals surface area contributed by atoms with E-state index in [1.807, 2.05) is 47.0 Å². The molecule has 1 N–H and O–H groups in total. The van der Waals surface area contributed by atoms with Gasteiger partial charge in [0.15, 0.2) is 0 Å². The Morgan fingerprint density at radius 3 is 2.85 bits per heavy atom. The highest BCUT2D eigenvalue weighted by molar-refractivity contribution is 5.82. The second-order valence-electron chi connectivity index (χ2n) is 7.67. The fraction of sp³-hybridized carbons (Fsp3) is 0.500. The number of rotatable bonds is 3. The number of carbonyl (C=O) groups excluding carboxylic acids is 1. The van der Waals surface area contributed by atoms with Gasteiger partial charge in [0.25, 0.3) is 0 Å². The van der Waals surface area contributed by atoms with Crippen molar-refractivity contribution in [2.24, 2.45) is 7.05 Å². The molecule has 3 heterocycles. The Kier molecular flexibility index (Phi) is 5.05. The Balaban J connectivity index is 1.97. The van der Waals surface area contributed by atoms with Gasteiger partial charge in [-0.15, -0.1) is 0 Å². The molecule has 6 heteroatoms. The smallest absolute Gasteiger partial charge is 0.408 e. The lowest BCUT2D eigenvalue weighted by Gasteiger charge is -2.24. The van der Waals surface area contributed by atoms with Crippen molar-refractivity contribution in [2.45, 2.75) is 45.8 Å². The minimum absolute atomic E-state index is 0.270. The van der Waals surface area contributed by atoms with Gasteiger partial charge in [0.1, 0.15) is 5.60 Å². The quantitative estimate of drug-likeness (QED) is 0.903. The lowest BCUT2D eigenvalue weighted by molar-refractivity contribution is 0.0507. The summed E-state index contributed by atoms with van der Waals surface area (Å²) in [5.74, 6) is 0. The monoisotopic (exact) mass is 357 g/mol. The zero-order valence-corrected chi connectivity index (χ0v) is 16.1. The molecule has 0 aliphatic carbocycles. The molecule has 0 saturated heterocycles. The Morgan fingerprint density at radius 1 is 1.42 bits per heavy atom. The van der Waals surface area contributed by atoms with Crippen molar-refractivity contribution in [1.29, 1.82) is 0 Å². The summed E-state index contributed by atoms with van der Waals surface area (Å²) in [6, 6.07) is 3.87. The summed E-state index contributed by atoms with van der Waals surface area (Å²) in [5, 5.41) is 2.91. The van der Waals surface area contributed by atoms with Crippen LogP contribution in [0.2, 0.25) is 0 Å². The molecule has 2 aromatic heterocycles. The van der Waals surface area contributed by atoms with Crippen LogP contribution in [-0.2, 0) is 16.5 Å². The van der Waals surface area contributed by atoms with Crippen molar-refractivity contribution in [2.75, 3.05) is 13.2 Å². The predicted octanol–water partition coefficient (Wildman–Crippen LogP) is 3.96. The molecule has 0 bridgehead atoms. The van der Waals surface area contributed by atoms with Crippen LogP contribution in [-0.4, -0.2) is 34.5 Å². The fourth-order valence-corrected chi connectivity index (χ4v) is 3.11. The van der Waals surface area contributed by atoms with Gasteiger partial charge in [-0.2, -0.15) is 0 Å². The standard InChI is InChI=1S/C20H27N3O3/c1-13(21-19(24)26-20(2,3)4)18-15(14-7-10-25-11-8-14)12-17-16(22-18)6-9-23(17)5/h6-7,9,12-13H,8,10-11H2,1-5H3,(H,21,24). The number of nitrogens with zero attached hydrogens (tertiary/aromatic N) is 2. The van der Waals surface area contributed by atoms with E-state index in [4.69, 9.17) is 14.5 Å². The molecular weight excluding hydrogens is 330 g/mol. The van der Waals surface area contributed by atoms with E-state index in [2.05, 4.69) is 22.0 Å². The number of alkyl carbamates (subject to hydrolysis) is 1. The van der Waals surface area contributed by atoms with E-state index in [0.29, 0.717) is 13.2 Å². The van der Waals surface area contributed by atoms with Crippen LogP contribution in [0.15, 0.2) is 24.4 Å². The number of aromatic nitrogens is 2. The summed E-state index contributed by atoms with van der Waals surface area (Å²) in [6.45, 7) is 8.79. The Morgan fingerprint density at radius 2 is 2.19 bits per heavy atom. The summed E-state index contributed by atoms with van der Waals surface area (Å²) in [6.07, 6.45) is 4.49. The summed E-state index contributed by atoms with van der Waals surface area (Å²) in [4.78, 5) is 17.0. The van der Waals surface area contributed by atoms with Crippen LogP contribution in [0.25, 0.3) is 16.6 Å². The van der Waals surface area contributed by atoms with Crippen molar-refractivity contribution < 1.29 is 14.3 Å². The Hall–Kier alpha value is -2.34. The number of nitrogens with one attached hydrogen (secondary N) is 1. The second kappa shape index (κ2) is 7.11. The molecule has 26 heavy (non-hydrogen) atoms. The third-order valence-corrected chi connectivity index (χ3v) is 4.35. The minimum atomic E-state index is -0.535. The predicted molar refractivity (Wildman–Crippen MR) is 102 cm³/mol. The zero-order valence-electron chi connectivity index (χ0n) is 16.1. The van der Waals surface area contributed by atoms with Gasteiger partial charge >= 0.3 is 6.09 Å². The zero-order chi connectivity index (χ0) is 18.9. The maximum Gasteiger partial charge on any atom is 0.408 e. The fourth-order valence-electron chi connectivity index (χ4n) is 3.11. The normalized spacial score (nSPS) is 16.3. The summed E-state index contributed by atoms with van der Waals surface area (Å²) in [5.41, 5.74) is 4.57. The topological polar surface area (TPSA) is 65.4 Å². The van der Waals surface area contributed by atoms with Crippen LogP contribution in [0, 0.1) is 0 Å². The molecule has 3 rings (SSSR count). The first-order valence-corrected chi connectivity index (χ1v) is 8.97. The molecule has 1 aliphatic heterocycles. The van der Waals surface area contributed by atoms with Gasteiger partial charge in [-0.3, -0.25) is 0 Å². The third kappa shape index (κ3) is 4.07. The lowest BCUT2D eigenvalue weighted by Crippen LogP contribution is -2.34. The Labute approximate surface area is 154 Å². The number of hydrogen-bond acceptors (Lipinski definition) is 4. The van der Waals surface area contributed by atoms with Gasteiger partial charge < -0.3 is 19.4 Å². The maximum atomic E-state index is 12.2. The SMILES string of the molecule is CC(NC(=O)OC(C)(C)C)c1nc2ccn(C)c2cc1C1=CCOCC1. The van der Waals surface area contributed by atoms with Gasteiger partial charge in [0, 0.05) is 18.8 Å². The van der Waals surface area contributed by atoms with Crippen LogP contribution >= 0.6 is 0 Å². The van der Waals surface area contributed by atoms with Crippen LogP contribution < -0.4 is 5.32 Å². The average Bonchev–Trinajstić information content (AvgIpc) is 2.93. The molecule has 1 unspecified atom stereocenters. The number of amides is 1. The Bertz CT molecular complexity index is 846. The first-order valence-electron chi connectivity index (χ1n) is 8.97. The van der Waals surface area contributed by atoms with E-state index in [1.54, 1.807) is 0 Å². The van der Waals surface area contributed by atoms with E-state index in [1.165, 1.54) is 5.57 Å². The molecule has 6 nitrogen and oxygen atoms in total. The first-order chi connectivity index (χ1) is 12.2. The molecule has 0 radical (unpaired) electrons. The number of ether oxygens (including phenoxy) is 2. The van der Waals surface area contributed by atoms with Crippen molar-refractivity contribution in [3.8, 4) is 0 Å². The summed E-state index contributed by atoms with van der Waals surface area (Å²) < 4.78 is 12.9. The molecule has 140 valence electrons. The van der Waals surface area contributed by atoms with Crippen molar-refractivity contribution in [3.63, 3.8) is 0 Å². The highest BCUT2D eigenvalue weighted by atomic mass is 16.6. The second-order valence-corrected chi connectivity index (χ2v) is 7.67. The van der Waals surface area contributed by atoms with Crippen LogP contribution in [0.5, 0.6) is 0 Å². The molecule has 0 aromatic carbocycles. The molecule has 1 amide bonds. The molecule has 1 atom stereocenters. The van der Waals surface area contributed by atoms with Crippen LogP contribution in [0.1, 0.15) is 51.4 Å². The van der Waals surface area contributed by atoms with Crippen molar-refractivity contribution in [1.82, 2.24) is 14.9 Å². The third-order valence-electron chi connectivity index (χ3n) is 4.35. The molecule has 1 aliphatic rings. The van der Waals surface area contributed by atoms with Crippen molar-refractivity contribution in [3.05, 3.63) is 35.7 Å². The highest BCUT2D eigenvalue weighted by Gasteiger charge is 2.23. The molecule has 0 saturated carbocycles. The van der Waals surface area contributed by atoms with E-state index in [-0.39, 0.29) is 6.04 Å². The summed E-state index contributed by atoms with van der Waals surface area (Å²) in [7, 11) is 2.01. The number of carbonyl (C=O) groups is 1. The number of aryl methyl sites for hydroxylation is 1. The van der Waals surface area contributed by atoms with Gasteiger partial charge in [-0.05, 0) is 51.8 Å². The van der Waals surface area contributed by atoms with Gasteiger partial charge in [0.2, 0.25) is 0 Å². The largest absolute Gasteiger partial charge is 0.444 e. The van der Waals surface area contributed by atoms with Crippen molar-refractivity contribution >= 4 is 22.7 Å². The van der Waals surface area contributed by atoms with Gasteiger partial charge in [0.05, 0.1) is 36.0 Å². The average molecular weight is 357 g/mol. The van der Waals surface area contributed by atoms with Crippen LogP contribution in [0.3, 0.4) is 0 Å². The summed E-state index contributed by atoms with van der Waals surface area (Å²) >= 11 is 0. The maximum absolute atomic E-state index is 12.2. The number of pyridine rings is 1. The van der Waals surface area contributed by atoms with E-state index >= 15 is 0 Å². The van der Waals surface area contributed by atoms with E-state index < -0.39 is 11.7 Å². The van der Waals surface area contributed by atoms with E-state index in [9.17, 15) is 4.79 Å². The number of hydrogen-bond donors (Lipinski definition) is 1. The molecule has 0 spiro atoms. The van der Waals surface area contributed by atoms with Crippen LogP contribution in [0.4, 0.5) is 4.79 Å². The van der Waals surface area contributed by atoms with Gasteiger partial charge in [-0.1, -0.05) is 6.08 Å².